The molecule has 1 amide bonds. The molecule has 1 aromatic heterocycles. The minimum absolute atomic E-state index is 0.0280. The Balaban J connectivity index is 1.29. The Morgan fingerprint density at radius 1 is 1.19 bits per heavy atom. The van der Waals surface area contributed by atoms with E-state index in [9.17, 15) is 4.79 Å². The largest absolute Gasteiger partial charge is 0.490 e. The SMILES string of the molecule is Cc1nn(C)cc1-c1ccc(CN2Cc3cccc(OCC4(C)CCCO4)c3C2=O)cc1. The van der Waals surface area contributed by atoms with Crippen molar-refractivity contribution in [2.24, 2.45) is 7.05 Å². The summed E-state index contributed by atoms with van der Waals surface area (Å²) in [5, 5.41) is 4.42. The fourth-order valence-electron chi connectivity index (χ4n) is 4.71. The molecular weight excluding hydrogens is 402 g/mol. The molecule has 3 heterocycles. The number of amides is 1. The maximum absolute atomic E-state index is 13.2. The van der Waals surface area contributed by atoms with E-state index in [0.29, 0.717) is 31.0 Å². The molecule has 1 fully saturated rings. The lowest BCUT2D eigenvalue weighted by molar-refractivity contribution is -0.0160. The first-order valence-electron chi connectivity index (χ1n) is 11.2. The van der Waals surface area contributed by atoms with Crippen LogP contribution in [0.25, 0.3) is 11.1 Å². The lowest BCUT2D eigenvalue weighted by Gasteiger charge is -2.23. The van der Waals surface area contributed by atoms with Crippen LogP contribution in [0.4, 0.5) is 0 Å². The molecule has 2 aliphatic heterocycles. The van der Waals surface area contributed by atoms with Crippen molar-refractivity contribution in [1.29, 1.82) is 0 Å². The number of rotatable bonds is 6. The zero-order chi connectivity index (χ0) is 22.3. The summed E-state index contributed by atoms with van der Waals surface area (Å²) in [6, 6.07) is 14.3. The molecule has 0 bridgehead atoms. The molecule has 0 radical (unpaired) electrons. The Bertz CT molecular complexity index is 1140. The number of ether oxygens (including phenoxy) is 2. The van der Waals surface area contributed by atoms with Crippen LogP contribution in [0.1, 0.15) is 46.9 Å². The first-order valence-corrected chi connectivity index (χ1v) is 11.2. The molecule has 5 rings (SSSR count). The van der Waals surface area contributed by atoms with Crippen molar-refractivity contribution in [3.05, 3.63) is 71.0 Å². The summed E-state index contributed by atoms with van der Waals surface area (Å²) < 4.78 is 13.8. The fourth-order valence-corrected chi connectivity index (χ4v) is 4.71. The normalized spacial score (nSPS) is 20.1. The van der Waals surface area contributed by atoms with Crippen molar-refractivity contribution in [3.63, 3.8) is 0 Å². The predicted molar refractivity (Wildman–Crippen MR) is 122 cm³/mol. The first kappa shape index (κ1) is 20.8. The van der Waals surface area contributed by atoms with Gasteiger partial charge in [-0.3, -0.25) is 9.48 Å². The minimum Gasteiger partial charge on any atom is -0.490 e. The fraction of sp³-hybridized carbons (Fsp3) is 0.385. The lowest BCUT2D eigenvalue weighted by atomic mass is 10.0. The van der Waals surface area contributed by atoms with Crippen LogP contribution in [-0.4, -0.2) is 39.4 Å². The molecule has 0 aliphatic carbocycles. The number of fused-ring (bicyclic) bond motifs is 1. The first-order chi connectivity index (χ1) is 15.4. The van der Waals surface area contributed by atoms with Crippen molar-refractivity contribution in [3.8, 4) is 16.9 Å². The highest BCUT2D eigenvalue weighted by Crippen LogP contribution is 2.34. The molecule has 3 aromatic rings. The Morgan fingerprint density at radius 3 is 2.69 bits per heavy atom. The van der Waals surface area contributed by atoms with Crippen LogP contribution >= 0.6 is 0 Å². The second-order valence-corrected chi connectivity index (χ2v) is 9.14. The number of carbonyl (C=O) groups excluding carboxylic acids is 1. The van der Waals surface area contributed by atoms with E-state index in [1.807, 2.05) is 47.9 Å². The van der Waals surface area contributed by atoms with Crippen LogP contribution in [0, 0.1) is 6.92 Å². The van der Waals surface area contributed by atoms with Crippen LogP contribution < -0.4 is 4.74 Å². The van der Waals surface area contributed by atoms with Gasteiger partial charge in [0.15, 0.2) is 0 Å². The zero-order valence-corrected chi connectivity index (χ0v) is 18.9. The molecule has 166 valence electrons. The number of aryl methyl sites for hydroxylation is 2. The molecule has 2 aliphatic rings. The van der Waals surface area contributed by atoms with Crippen molar-refractivity contribution < 1.29 is 14.3 Å². The number of nitrogens with zero attached hydrogens (tertiary/aromatic N) is 3. The van der Waals surface area contributed by atoms with Crippen LogP contribution in [-0.2, 0) is 24.9 Å². The van der Waals surface area contributed by atoms with Gasteiger partial charge in [0.25, 0.3) is 5.91 Å². The van der Waals surface area contributed by atoms with E-state index in [0.717, 1.165) is 47.4 Å². The molecule has 0 N–H and O–H groups in total. The summed E-state index contributed by atoms with van der Waals surface area (Å²) in [5.74, 6) is 0.689. The van der Waals surface area contributed by atoms with Crippen molar-refractivity contribution in [2.45, 2.75) is 45.4 Å². The van der Waals surface area contributed by atoms with Gasteiger partial charge in [-0.1, -0.05) is 36.4 Å². The van der Waals surface area contributed by atoms with Gasteiger partial charge in [-0.15, -0.1) is 0 Å². The Labute approximate surface area is 188 Å². The van der Waals surface area contributed by atoms with E-state index in [4.69, 9.17) is 9.47 Å². The molecule has 1 atom stereocenters. The minimum atomic E-state index is -0.265. The van der Waals surface area contributed by atoms with Crippen molar-refractivity contribution in [1.82, 2.24) is 14.7 Å². The molecule has 0 saturated carbocycles. The monoisotopic (exact) mass is 431 g/mol. The summed E-state index contributed by atoms with van der Waals surface area (Å²) in [6.07, 6.45) is 4.07. The second kappa shape index (κ2) is 8.10. The summed E-state index contributed by atoms with van der Waals surface area (Å²) in [4.78, 5) is 15.1. The maximum Gasteiger partial charge on any atom is 0.258 e. The smallest absolute Gasteiger partial charge is 0.258 e. The Morgan fingerprint density at radius 2 is 2.00 bits per heavy atom. The number of hydrogen-bond acceptors (Lipinski definition) is 4. The number of carbonyl (C=O) groups is 1. The predicted octanol–water partition coefficient (Wildman–Crippen LogP) is 4.50. The quantitative estimate of drug-likeness (QED) is 0.577. The molecule has 2 aromatic carbocycles. The van der Waals surface area contributed by atoms with Gasteiger partial charge in [0, 0.05) is 38.5 Å². The van der Waals surface area contributed by atoms with E-state index in [1.54, 1.807) is 0 Å². The Hall–Kier alpha value is -3.12. The average Bonchev–Trinajstić information content (AvgIpc) is 3.45. The van der Waals surface area contributed by atoms with E-state index >= 15 is 0 Å². The van der Waals surface area contributed by atoms with Crippen LogP contribution in [0.3, 0.4) is 0 Å². The van der Waals surface area contributed by atoms with E-state index in [2.05, 4.69) is 36.3 Å². The van der Waals surface area contributed by atoms with Crippen LogP contribution in [0.5, 0.6) is 5.75 Å². The van der Waals surface area contributed by atoms with Crippen LogP contribution in [0.2, 0.25) is 0 Å². The molecule has 6 heteroatoms. The standard InChI is InChI=1S/C26H29N3O3/c1-18-22(16-28(3)27-18)20-10-8-19(9-11-20)14-29-15-21-6-4-7-23(24(21)25(29)30)31-17-26(2)12-5-13-32-26/h4,6-11,16H,5,12-15,17H2,1-3H3. The van der Waals surface area contributed by atoms with Gasteiger partial charge in [-0.05, 0) is 49.4 Å². The van der Waals surface area contributed by atoms with Gasteiger partial charge in [0.05, 0.1) is 16.9 Å². The molecule has 6 nitrogen and oxygen atoms in total. The number of benzene rings is 2. The number of hydrogen-bond donors (Lipinski definition) is 0. The summed E-state index contributed by atoms with van der Waals surface area (Å²) in [7, 11) is 1.93. The number of aromatic nitrogens is 2. The molecule has 1 saturated heterocycles. The van der Waals surface area contributed by atoms with Gasteiger partial charge in [-0.25, -0.2) is 0 Å². The molecule has 32 heavy (non-hydrogen) atoms. The van der Waals surface area contributed by atoms with Crippen molar-refractivity contribution in [2.75, 3.05) is 13.2 Å². The van der Waals surface area contributed by atoms with Crippen molar-refractivity contribution >= 4 is 5.91 Å². The highest BCUT2D eigenvalue weighted by atomic mass is 16.5. The molecule has 1 unspecified atom stereocenters. The van der Waals surface area contributed by atoms with E-state index in [1.165, 1.54) is 0 Å². The zero-order valence-electron chi connectivity index (χ0n) is 18.9. The van der Waals surface area contributed by atoms with E-state index in [-0.39, 0.29) is 11.5 Å². The topological polar surface area (TPSA) is 56.6 Å². The summed E-state index contributed by atoms with van der Waals surface area (Å²) in [6.45, 7) is 6.50. The van der Waals surface area contributed by atoms with Gasteiger partial charge >= 0.3 is 0 Å². The molecular formula is C26H29N3O3. The van der Waals surface area contributed by atoms with Gasteiger partial charge in [0.1, 0.15) is 12.4 Å². The Kier molecular flexibility index (Phi) is 5.25. The maximum atomic E-state index is 13.2. The van der Waals surface area contributed by atoms with Gasteiger partial charge in [-0.2, -0.15) is 5.10 Å². The lowest BCUT2D eigenvalue weighted by Crippen LogP contribution is -2.31. The second-order valence-electron chi connectivity index (χ2n) is 9.14. The third-order valence-electron chi connectivity index (χ3n) is 6.46. The average molecular weight is 432 g/mol. The van der Waals surface area contributed by atoms with Gasteiger partial charge in [0.2, 0.25) is 0 Å². The highest BCUT2D eigenvalue weighted by molar-refractivity contribution is 6.01. The van der Waals surface area contributed by atoms with Gasteiger partial charge < -0.3 is 14.4 Å². The third kappa shape index (κ3) is 3.91. The van der Waals surface area contributed by atoms with E-state index < -0.39 is 0 Å². The summed E-state index contributed by atoms with van der Waals surface area (Å²) >= 11 is 0. The molecule has 0 spiro atoms. The highest BCUT2D eigenvalue weighted by Gasteiger charge is 2.34. The summed E-state index contributed by atoms with van der Waals surface area (Å²) in [5.41, 5.74) is 5.82. The van der Waals surface area contributed by atoms with Crippen LogP contribution in [0.15, 0.2) is 48.7 Å². The third-order valence-corrected chi connectivity index (χ3v) is 6.46.